The molecule has 0 unspecified atom stereocenters. The van der Waals surface area contributed by atoms with E-state index < -0.39 is 17.5 Å². The zero-order valence-electron chi connectivity index (χ0n) is 13.6. The molecule has 124 valence electrons. The third kappa shape index (κ3) is 6.88. The predicted octanol–water partition coefficient (Wildman–Crippen LogP) is 3.63. The maximum absolute atomic E-state index is 11.6. The van der Waals surface area contributed by atoms with Gasteiger partial charge in [0, 0.05) is 12.5 Å². The first kappa shape index (κ1) is 18.6. The molecular formula is C18H22O5. The molecule has 0 radical (unpaired) electrons. The summed E-state index contributed by atoms with van der Waals surface area (Å²) in [6.45, 7) is 3.88. The molecule has 0 aromatic carbocycles. The first-order chi connectivity index (χ1) is 11.1. The average Bonchev–Trinajstić information content (AvgIpc) is 2.96. The third-order valence-electron chi connectivity index (χ3n) is 3.01. The van der Waals surface area contributed by atoms with E-state index in [1.165, 1.54) is 19.3 Å². The van der Waals surface area contributed by atoms with Gasteiger partial charge in [-0.15, -0.1) is 0 Å². The minimum Gasteiger partial charge on any atom is -0.477 e. The Morgan fingerprint density at radius 3 is 2.70 bits per heavy atom. The maximum atomic E-state index is 11.6. The minimum atomic E-state index is -1.36. The van der Waals surface area contributed by atoms with Gasteiger partial charge in [-0.25, -0.2) is 9.59 Å². The molecular weight excluding hydrogens is 296 g/mol. The van der Waals surface area contributed by atoms with Crippen molar-refractivity contribution >= 4 is 18.0 Å². The molecule has 0 aliphatic heterocycles. The number of hydrogen-bond acceptors (Lipinski definition) is 4. The number of furan rings is 1. The van der Waals surface area contributed by atoms with Gasteiger partial charge in [-0.2, -0.15) is 0 Å². The molecule has 1 aromatic heterocycles. The van der Waals surface area contributed by atoms with E-state index in [0.29, 0.717) is 5.76 Å². The van der Waals surface area contributed by atoms with Gasteiger partial charge in [0.15, 0.2) is 5.76 Å². The number of carbonyl (C=O) groups excluding carboxylic acids is 1. The van der Waals surface area contributed by atoms with E-state index in [4.69, 9.17) is 14.3 Å². The Labute approximate surface area is 136 Å². The van der Waals surface area contributed by atoms with E-state index in [2.05, 4.69) is 18.8 Å². The van der Waals surface area contributed by atoms with E-state index in [0.717, 1.165) is 18.9 Å². The van der Waals surface area contributed by atoms with Gasteiger partial charge < -0.3 is 14.3 Å². The summed E-state index contributed by atoms with van der Waals surface area (Å²) in [6.07, 6.45) is 6.57. The molecule has 0 aliphatic rings. The molecule has 0 aliphatic carbocycles. The normalized spacial score (nSPS) is 10.8. The van der Waals surface area contributed by atoms with Crippen molar-refractivity contribution in [2.45, 2.75) is 46.0 Å². The summed E-state index contributed by atoms with van der Waals surface area (Å²) in [5, 5.41) is 9.04. The van der Waals surface area contributed by atoms with Crippen molar-refractivity contribution < 1.29 is 23.8 Å². The van der Waals surface area contributed by atoms with Crippen LogP contribution in [-0.4, -0.2) is 23.7 Å². The largest absolute Gasteiger partial charge is 0.477 e. The van der Waals surface area contributed by atoms with Crippen LogP contribution in [0.5, 0.6) is 0 Å². The van der Waals surface area contributed by atoms with Gasteiger partial charge >= 0.3 is 11.9 Å². The fourth-order valence-electron chi connectivity index (χ4n) is 1.85. The maximum Gasteiger partial charge on any atom is 0.345 e. The van der Waals surface area contributed by atoms with E-state index >= 15 is 0 Å². The zero-order valence-corrected chi connectivity index (χ0v) is 13.6. The number of carboxylic acids is 1. The number of carbonyl (C=O) groups is 2. The number of hydrogen-bond donors (Lipinski definition) is 1. The molecule has 23 heavy (non-hydrogen) atoms. The van der Waals surface area contributed by atoms with Gasteiger partial charge in [-0.3, -0.25) is 0 Å². The number of carboxylic acid groups (broad SMARTS) is 1. The molecule has 0 spiro atoms. The Morgan fingerprint density at radius 1 is 1.26 bits per heavy atom. The number of unbranched alkanes of at least 4 members (excludes halogenated alkanes) is 4. The summed E-state index contributed by atoms with van der Waals surface area (Å²) in [4.78, 5) is 22.6. The fourth-order valence-corrected chi connectivity index (χ4v) is 1.85. The average molecular weight is 318 g/mol. The van der Waals surface area contributed by atoms with Crippen LogP contribution >= 0.6 is 0 Å². The molecule has 1 heterocycles. The third-order valence-corrected chi connectivity index (χ3v) is 3.01. The molecule has 0 bridgehead atoms. The van der Waals surface area contributed by atoms with Crippen LogP contribution in [0.1, 0.15) is 57.5 Å². The van der Waals surface area contributed by atoms with Gasteiger partial charge in [0.05, 0.1) is 6.61 Å². The lowest BCUT2D eigenvalue weighted by Crippen LogP contribution is -2.15. The molecule has 1 rings (SSSR count). The number of aliphatic carboxylic acids is 1. The minimum absolute atomic E-state index is 0.108. The van der Waals surface area contributed by atoms with Crippen LogP contribution in [0.2, 0.25) is 0 Å². The molecule has 0 saturated heterocycles. The van der Waals surface area contributed by atoms with Crippen molar-refractivity contribution in [3.63, 3.8) is 0 Å². The van der Waals surface area contributed by atoms with Crippen molar-refractivity contribution in [2.75, 3.05) is 6.61 Å². The number of ether oxygens (including phenoxy) is 1. The monoisotopic (exact) mass is 318 g/mol. The standard InChI is InChI=1S/C18H22O5/c1-3-5-6-7-8-9-10-14-11-12-15(23-14)13-16(17(19)20)18(21)22-4-2/h11-13H,3-8H2,1-2H3,(H,19,20)/b16-13-. The first-order valence-corrected chi connectivity index (χ1v) is 7.79. The molecule has 5 nitrogen and oxygen atoms in total. The van der Waals surface area contributed by atoms with Crippen LogP contribution in [0, 0.1) is 11.8 Å². The van der Waals surface area contributed by atoms with Crippen LogP contribution in [0.4, 0.5) is 0 Å². The quantitative estimate of drug-likeness (QED) is 0.198. The lowest BCUT2D eigenvalue weighted by molar-refractivity contribution is -0.143. The highest BCUT2D eigenvalue weighted by atomic mass is 16.5. The second-order valence-electron chi connectivity index (χ2n) is 4.90. The zero-order chi connectivity index (χ0) is 17.1. The summed E-state index contributed by atoms with van der Waals surface area (Å²) < 4.78 is 10.1. The summed E-state index contributed by atoms with van der Waals surface area (Å²) in [6, 6.07) is 3.22. The fraction of sp³-hybridized carbons (Fsp3) is 0.444. The van der Waals surface area contributed by atoms with Gasteiger partial charge in [-0.1, -0.05) is 32.1 Å². The van der Waals surface area contributed by atoms with Crippen molar-refractivity contribution in [1.29, 1.82) is 0 Å². The highest BCUT2D eigenvalue weighted by Crippen LogP contribution is 2.13. The number of rotatable bonds is 8. The van der Waals surface area contributed by atoms with E-state index in [1.54, 1.807) is 19.1 Å². The lowest BCUT2D eigenvalue weighted by Gasteiger charge is -2.01. The summed E-state index contributed by atoms with van der Waals surface area (Å²) >= 11 is 0. The Morgan fingerprint density at radius 2 is 2.04 bits per heavy atom. The molecule has 0 saturated carbocycles. The summed E-state index contributed by atoms with van der Waals surface area (Å²) in [5.74, 6) is 4.36. The van der Waals surface area contributed by atoms with Crippen LogP contribution in [0.3, 0.4) is 0 Å². The molecule has 1 N–H and O–H groups in total. The molecule has 0 amide bonds. The molecule has 5 heteroatoms. The van der Waals surface area contributed by atoms with Crippen molar-refractivity contribution in [1.82, 2.24) is 0 Å². The Kier molecular flexibility index (Phi) is 8.30. The van der Waals surface area contributed by atoms with Gasteiger partial charge in [0.25, 0.3) is 0 Å². The Hall–Kier alpha value is -2.48. The smallest absolute Gasteiger partial charge is 0.345 e. The van der Waals surface area contributed by atoms with Crippen LogP contribution in [-0.2, 0) is 14.3 Å². The molecule has 0 fully saturated rings. The van der Waals surface area contributed by atoms with Crippen molar-refractivity contribution in [3.05, 3.63) is 29.2 Å². The van der Waals surface area contributed by atoms with Gasteiger partial charge in [0.2, 0.25) is 0 Å². The Bertz CT molecular complexity index is 613. The molecule has 1 aromatic rings. The van der Waals surface area contributed by atoms with E-state index in [1.807, 2.05) is 0 Å². The van der Waals surface area contributed by atoms with E-state index in [-0.39, 0.29) is 12.4 Å². The predicted molar refractivity (Wildman–Crippen MR) is 86.6 cm³/mol. The highest BCUT2D eigenvalue weighted by Gasteiger charge is 2.19. The lowest BCUT2D eigenvalue weighted by atomic mass is 10.1. The van der Waals surface area contributed by atoms with Crippen molar-refractivity contribution in [3.8, 4) is 11.8 Å². The topological polar surface area (TPSA) is 76.7 Å². The second kappa shape index (κ2) is 10.3. The van der Waals surface area contributed by atoms with E-state index in [9.17, 15) is 9.59 Å². The van der Waals surface area contributed by atoms with Crippen molar-refractivity contribution in [2.24, 2.45) is 0 Å². The SMILES string of the molecule is CCCCCCC#Cc1ccc(/C=C(/C(=O)O)C(=O)OCC)o1. The van der Waals surface area contributed by atoms with Crippen LogP contribution in [0.15, 0.2) is 22.1 Å². The Balaban J connectivity index is 2.70. The first-order valence-electron chi connectivity index (χ1n) is 7.79. The van der Waals surface area contributed by atoms with Gasteiger partial charge in [-0.05, 0) is 31.4 Å². The van der Waals surface area contributed by atoms with Gasteiger partial charge in [0.1, 0.15) is 11.3 Å². The summed E-state index contributed by atoms with van der Waals surface area (Å²) in [5.41, 5.74) is -0.472. The summed E-state index contributed by atoms with van der Waals surface area (Å²) in [7, 11) is 0. The highest BCUT2D eigenvalue weighted by molar-refractivity contribution is 6.16. The van der Waals surface area contributed by atoms with Crippen LogP contribution in [0.25, 0.3) is 6.08 Å². The number of esters is 1. The molecule has 0 atom stereocenters. The second-order valence-corrected chi connectivity index (χ2v) is 4.90. The van der Waals surface area contributed by atoms with Crippen LogP contribution < -0.4 is 0 Å².